The zero-order valence-electron chi connectivity index (χ0n) is 12.7. The van der Waals surface area contributed by atoms with E-state index in [4.69, 9.17) is 4.74 Å². The van der Waals surface area contributed by atoms with Gasteiger partial charge in [0.05, 0.1) is 7.11 Å². The molecule has 114 valence electrons. The topological polar surface area (TPSA) is 33.6 Å². The third-order valence-electron chi connectivity index (χ3n) is 3.95. The number of methoxy groups -OCH3 is 1. The zero-order valence-corrected chi connectivity index (χ0v) is 13.5. The Morgan fingerprint density at radius 3 is 2.43 bits per heavy atom. The van der Waals surface area contributed by atoms with Gasteiger partial charge in [0.2, 0.25) is 0 Å². The van der Waals surface area contributed by atoms with Gasteiger partial charge < -0.3 is 4.74 Å². The molecular weight excluding hydrogens is 304 g/mol. The van der Waals surface area contributed by atoms with Gasteiger partial charge in [-0.05, 0) is 17.0 Å². The normalized spacial score (nSPS) is 16.9. The SMILES string of the molecule is COc1ccc([C@@H]2NN=C(c3ccccc3)S2)c2ccccc12. The van der Waals surface area contributed by atoms with Gasteiger partial charge in [-0.25, -0.2) is 0 Å². The lowest BCUT2D eigenvalue weighted by molar-refractivity contribution is 0.419. The molecule has 0 bridgehead atoms. The summed E-state index contributed by atoms with van der Waals surface area (Å²) in [5.74, 6) is 0.900. The Morgan fingerprint density at radius 2 is 1.65 bits per heavy atom. The lowest BCUT2D eigenvalue weighted by atomic mass is 10.0. The minimum Gasteiger partial charge on any atom is -0.496 e. The molecule has 1 atom stereocenters. The first kappa shape index (κ1) is 14.2. The molecule has 3 nitrogen and oxygen atoms in total. The van der Waals surface area contributed by atoms with Crippen molar-refractivity contribution in [3.8, 4) is 5.75 Å². The van der Waals surface area contributed by atoms with Crippen molar-refractivity contribution < 1.29 is 4.74 Å². The van der Waals surface area contributed by atoms with Gasteiger partial charge in [-0.15, -0.1) is 0 Å². The van der Waals surface area contributed by atoms with Crippen molar-refractivity contribution >= 4 is 27.6 Å². The van der Waals surface area contributed by atoms with E-state index in [1.807, 2.05) is 30.3 Å². The Bertz CT molecular complexity index is 877. The molecule has 23 heavy (non-hydrogen) atoms. The van der Waals surface area contributed by atoms with Crippen LogP contribution < -0.4 is 10.2 Å². The monoisotopic (exact) mass is 320 g/mol. The lowest BCUT2D eigenvalue weighted by Gasteiger charge is -2.15. The van der Waals surface area contributed by atoms with Crippen molar-refractivity contribution in [2.75, 3.05) is 7.11 Å². The molecule has 4 rings (SSSR count). The summed E-state index contributed by atoms with van der Waals surface area (Å²) in [6.45, 7) is 0. The van der Waals surface area contributed by atoms with Crippen LogP contribution in [0, 0.1) is 0 Å². The van der Waals surface area contributed by atoms with Crippen LogP contribution in [0.3, 0.4) is 0 Å². The molecule has 1 heterocycles. The third-order valence-corrected chi connectivity index (χ3v) is 5.10. The van der Waals surface area contributed by atoms with Crippen LogP contribution in [0.15, 0.2) is 71.8 Å². The fourth-order valence-electron chi connectivity index (χ4n) is 2.83. The molecule has 1 aliphatic rings. The van der Waals surface area contributed by atoms with E-state index in [2.05, 4.69) is 46.9 Å². The number of rotatable bonds is 3. The molecular formula is C19H16N2OS. The summed E-state index contributed by atoms with van der Waals surface area (Å²) in [5, 5.41) is 7.97. The van der Waals surface area contributed by atoms with Gasteiger partial charge in [0.25, 0.3) is 0 Å². The Labute approximate surface area is 139 Å². The van der Waals surface area contributed by atoms with Gasteiger partial charge in [-0.2, -0.15) is 5.10 Å². The highest BCUT2D eigenvalue weighted by atomic mass is 32.2. The molecule has 0 aromatic heterocycles. The van der Waals surface area contributed by atoms with Crippen molar-refractivity contribution in [2.45, 2.75) is 5.37 Å². The Balaban J connectivity index is 1.70. The van der Waals surface area contributed by atoms with Crippen molar-refractivity contribution in [3.05, 3.63) is 77.9 Å². The maximum absolute atomic E-state index is 5.48. The summed E-state index contributed by atoms with van der Waals surface area (Å²) in [6.07, 6.45) is 0. The van der Waals surface area contributed by atoms with Crippen LogP contribution in [0.2, 0.25) is 0 Å². The van der Waals surface area contributed by atoms with Gasteiger partial charge >= 0.3 is 0 Å². The lowest BCUT2D eigenvalue weighted by Crippen LogP contribution is -2.07. The van der Waals surface area contributed by atoms with E-state index in [1.165, 1.54) is 10.9 Å². The molecule has 3 aromatic rings. The number of hydrogen-bond donors (Lipinski definition) is 1. The fraction of sp³-hybridized carbons (Fsp3) is 0.105. The Hall–Kier alpha value is -2.46. The van der Waals surface area contributed by atoms with Crippen LogP contribution in [0.1, 0.15) is 16.5 Å². The maximum Gasteiger partial charge on any atom is 0.126 e. The van der Waals surface area contributed by atoms with Gasteiger partial charge in [0, 0.05) is 10.9 Å². The van der Waals surface area contributed by atoms with Crippen LogP contribution in [-0.4, -0.2) is 12.2 Å². The number of hydrogen-bond acceptors (Lipinski definition) is 4. The molecule has 0 amide bonds. The summed E-state index contributed by atoms with van der Waals surface area (Å²) in [7, 11) is 1.71. The predicted molar refractivity (Wildman–Crippen MR) is 96.9 cm³/mol. The first-order chi connectivity index (χ1) is 11.4. The molecule has 0 saturated heterocycles. The molecule has 0 spiro atoms. The number of ether oxygens (including phenoxy) is 1. The third kappa shape index (κ3) is 2.55. The van der Waals surface area contributed by atoms with Crippen molar-refractivity contribution in [2.24, 2.45) is 5.10 Å². The van der Waals surface area contributed by atoms with Crippen LogP contribution >= 0.6 is 11.8 Å². The Morgan fingerprint density at radius 1 is 0.913 bits per heavy atom. The molecule has 3 aromatic carbocycles. The molecule has 1 N–H and O–H groups in total. The summed E-state index contributed by atoms with van der Waals surface area (Å²) >= 11 is 1.74. The minimum atomic E-state index is 0.112. The number of hydrazone groups is 1. The summed E-state index contributed by atoms with van der Waals surface area (Å²) < 4.78 is 5.48. The van der Waals surface area contributed by atoms with E-state index in [-0.39, 0.29) is 5.37 Å². The second-order valence-corrected chi connectivity index (χ2v) is 6.41. The quantitative estimate of drug-likeness (QED) is 0.769. The zero-order chi connectivity index (χ0) is 15.6. The van der Waals surface area contributed by atoms with Crippen LogP contribution in [0.4, 0.5) is 0 Å². The number of benzene rings is 3. The summed E-state index contributed by atoms with van der Waals surface area (Å²) in [5.41, 5.74) is 5.63. The van der Waals surface area contributed by atoms with Crippen molar-refractivity contribution in [3.63, 3.8) is 0 Å². The number of thioether (sulfide) groups is 1. The number of nitrogens with one attached hydrogen (secondary N) is 1. The number of fused-ring (bicyclic) bond motifs is 1. The van der Waals surface area contributed by atoms with Gasteiger partial charge in [0.15, 0.2) is 0 Å². The van der Waals surface area contributed by atoms with Crippen LogP contribution in [-0.2, 0) is 0 Å². The second kappa shape index (κ2) is 5.97. The molecule has 0 unspecified atom stereocenters. The molecule has 4 heteroatoms. The first-order valence-electron chi connectivity index (χ1n) is 7.48. The highest BCUT2D eigenvalue weighted by Crippen LogP contribution is 2.39. The highest BCUT2D eigenvalue weighted by Gasteiger charge is 2.24. The van der Waals surface area contributed by atoms with Crippen molar-refractivity contribution in [1.82, 2.24) is 5.43 Å². The predicted octanol–water partition coefficient (Wildman–Crippen LogP) is 4.55. The van der Waals surface area contributed by atoms with E-state index in [0.29, 0.717) is 0 Å². The van der Waals surface area contributed by atoms with E-state index in [9.17, 15) is 0 Å². The summed E-state index contributed by atoms with van der Waals surface area (Å²) in [6, 6.07) is 22.7. The van der Waals surface area contributed by atoms with Gasteiger partial charge in [-0.3, -0.25) is 5.43 Å². The standard InChI is InChI=1S/C19H16N2OS/c1-22-17-12-11-16(14-9-5-6-10-15(14)17)19-21-20-18(23-19)13-7-3-2-4-8-13/h2-12,19,21H,1H3/t19-/m1/s1. The summed E-state index contributed by atoms with van der Waals surface area (Å²) in [4.78, 5) is 0. The second-order valence-electron chi connectivity index (χ2n) is 5.31. The first-order valence-corrected chi connectivity index (χ1v) is 8.36. The number of nitrogens with zero attached hydrogens (tertiary/aromatic N) is 1. The molecule has 0 fully saturated rings. The minimum absolute atomic E-state index is 0.112. The smallest absolute Gasteiger partial charge is 0.126 e. The van der Waals surface area contributed by atoms with E-state index in [1.54, 1.807) is 18.9 Å². The average Bonchev–Trinajstić information content (AvgIpc) is 3.11. The van der Waals surface area contributed by atoms with Crippen LogP contribution in [0.5, 0.6) is 5.75 Å². The van der Waals surface area contributed by atoms with E-state index in [0.717, 1.165) is 21.7 Å². The van der Waals surface area contributed by atoms with Gasteiger partial charge in [-0.1, -0.05) is 72.4 Å². The van der Waals surface area contributed by atoms with Gasteiger partial charge in [0.1, 0.15) is 16.2 Å². The average molecular weight is 320 g/mol. The van der Waals surface area contributed by atoms with Crippen LogP contribution in [0.25, 0.3) is 10.8 Å². The van der Waals surface area contributed by atoms with E-state index < -0.39 is 0 Å². The molecule has 0 radical (unpaired) electrons. The molecule has 1 aliphatic heterocycles. The fourth-order valence-corrected chi connectivity index (χ4v) is 3.87. The highest BCUT2D eigenvalue weighted by molar-refractivity contribution is 8.14. The Kier molecular flexibility index (Phi) is 3.67. The molecule has 0 aliphatic carbocycles. The largest absolute Gasteiger partial charge is 0.496 e. The van der Waals surface area contributed by atoms with Crippen molar-refractivity contribution in [1.29, 1.82) is 0 Å². The van der Waals surface area contributed by atoms with E-state index >= 15 is 0 Å². The molecule has 0 saturated carbocycles. The maximum atomic E-state index is 5.48.